The second kappa shape index (κ2) is 8.03. The van der Waals surface area contributed by atoms with Crippen molar-refractivity contribution in [1.29, 1.82) is 0 Å². The van der Waals surface area contributed by atoms with Gasteiger partial charge in [0.05, 0.1) is 4.70 Å². The van der Waals surface area contributed by atoms with Crippen LogP contribution in [0, 0.1) is 11.6 Å². The quantitative estimate of drug-likeness (QED) is 0.588. The number of carbonyl (C=O) groups is 1. The third-order valence-electron chi connectivity index (χ3n) is 3.60. The van der Waals surface area contributed by atoms with Crippen LogP contribution in [0.5, 0.6) is 0 Å². The summed E-state index contributed by atoms with van der Waals surface area (Å²) in [5.41, 5.74) is 0.0799. The molecule has 2 heterocycles. The number of halogens is 2. The Morgan fingerprint density at radius 2 is 2.08 bits per heavy atom. The van der Waals surface area contributed by atoms with Gasteiger partial charge in [-0.15, -0.1) is 11.3 Å². The van der Waals surface area contributed by atoms with E-state index in [4.69, 9.17) is 0 Å². The number of fused-ring (bicyclic) bond motifs is 1. The lowest BCUT2D eigenvalue weighted by Crippen LogP contribution is -2.35. The summed E-state index contributed by atoms with van der Waals surface area (Å²) < 4.78 is 27.8. The van der Waals surface area contributed by atoms with Crippen molar-refractivity contribution < 1.29 is 13.6 Å². The van der Waals surface area contributed by atoms with Gasteiger partial charge < -0.3 is 4.90 Å². The lowest BCUT2D eigenvalue weighted by Gasteiger charge is -2.20. The predicted octanol–water partition coefficient (Wildman–Crippen LogP) is 4.24. The fourth-order valence-corrected chi connectivity index (χ4v) is 3.94. The number of rotatable bonds is 6. The minimum absolute atomic E-state index is 0.0799. The van der Waals surface area contributed by atoms with Gasteiger partial charge in [-0.3, -0.25) is 9.69 Å². The lowest BCUT2D eigenvalue weighted by molar-refractivity contribution is -0.114. The molecule has 136 valence electrons. The average molecular weight is 393 g/mol. The molecule has 0 N–H and O–H groups in total. The molecule has 4 nitrogen and oxygen atoms in total. The molecule has 0 saturated carbocycles. The van der Waals surface area contributed by atoms with Gasteiger partial charge in [0.1, 0.15) is 11.3 Å². The minimum Gasteiger partial charge on any atom is -0.308 e. The molecule has 0 saturated heterocycles. The van der Waals surface area contributed by atoms with Crippen molar-refractivity contribution >= 4 is 50.0 Å². The van der Waals surface area contributed by atoms with Crippen molar-refractivity contribution in [2.24, 2.45) is 0 Å². The summed E-state index contributed by atoms with van der Waals surface area (Å²) in [6, 6.07) is 5.85. The number of anilines is 1. The van der Waals surface area contributed by atoms with Crippen LogP contribution in [0.4, 0.5) is 13.9 Å². The molecule has 1 aromatic carbocycles. The van der Waals surface area contributed by atoms with Gasteiger partial charge in [-0.1, -0.05) is 17.4 Å². The Morgan fingerprint density at radius 1 is 1.27 bits per heavy atom. The van der Waals surface area contributed by atoms with Crippen molar-refractivity contribution in [2.45, 2.75) is 0 Å². The van der Waals surface area contributed by atoms with E-state index in [-0.39, 0.29) is 11.4 Å². The Labute approximate surface area is 158 Å². The van der Waals surface area contributed by atoms with Crippen molar-refractivity contribution in [1.82, 2.24) is 9.88 Å². The first kappa shape index (κ1) is 18.6. The Kier molecular flexibility index (Phi) is 5.75. The monoisotopic (exact) mass is 393 g/mol. The predicted molar refractivity (Wildman–Crippen MR) is 104 cm³/mol. The fourth-order valence-electron chi connectivity index (χ4n) is 2.29. The number of hydrogen-bond donors (Lipinski definition) is 0. The molecule has 8 heteroatoms. The van der Waals surface area contributed by atoms with Gasteiger partial charge in [-0.05, 0) is 37.7 Å². The summed E-state index contributed by atoms with van der Waals surface area (Å²) in [4.78, 5) is 21.3. The normalized spacial score (nSPS) is 11.7. The van der Waals surface area contributed by atoms with Crippen LogP contribution in [0.2, 0.25) is 0 Å². The molecule has 0 unspecified atom stereocenters. The summed E-state index contributed by atoms with van der Waals surface area (Å²) in [7, 11) is 3.80. The maximum atomic E-state index is 14.0. The second-order valence-electron chi connectivity index (χ2n) is 5.87. The van der Waals surface area contributed by atoms with Crippen LogP contribution in [0.25, 0.3) is 16.3 Å². The highest BCUT2D eigenvalue weighted by atomic mass is 32.1. The van der Waals surface area contributed by atoms with Crippen LogP contribution >= 0.6 is 22.7 Å². The Hall–Kier alpha value is -2.16. The number of thiophene rings is 1. The Bertz CT molecular complexity index is 935. The summed E-state index contributed by atoms with van der Waals surface area (Å²) >= 11 is 2.63. The first-order valence-electron chi connectivity index (χ1n) is 7.87. The van der Waals surface area contributed by atoms with Crippen molar-refractivity contribution in [3.05, 3.63) is 52.2 Å². The zero-order valence-corrected chi connectivity index (χ0v) is 15.9. The number of benzene rings is 1. The number of amides is 1. The highest BCUT2D eigenvalue weighted by molar-refractivity contribution is 7.22. The summed E-state index contributed by atoms with van der Waals surface area (Å²) in [5.74, 6) is -1.63. The van der Waals surface area contributed by atoms with Crippen LogP contribution in [-0.4, -0.2) is 43.0 Å². The van der Waals surface area contributed by atoms with Crippen LogP contribution in [-0.2, 0) is 4.79 Å². The molecule has 0 aliphatic rings. The van der Waals surface area contributed by atoms with Gasteiger partial charge in [0.15, 0.2) is 10.9 Å². The van der Waals surface area contributed by atoms with E-state index in [1.54, 1.807) is 6.08 Å². The van der Waals surface area contributed by atoms with Gasteiger partial charge in [0.25, 0.3) is 5.91 Å². The maximum absolute atomic E-state index is 14.0. The summed E-state index contributed by atoms with van der Waals surface area (Å²) in [6.07, 6.45) is 3.22. The number of thiazole rings is 1. The van der Waals surface area contributed by atoms with Crippen molar-refractivity contribution in [3.8, 4) is 0 Å². The Balaban J connectivity index is 1.92. The molecule has 0 aliphatic heterocycles. The molecule has 1 amide bonds. The maximum Gasteiger partial charge on any atom is 0.252 e. The van der Waals surface area contributed by atoms with Gasteiger partial charge in [-0.25, -0.2) is 13.8 Å². The van der Waals surface area contributed by atoms with Crippen LogP contribution in [0.3, 0.4) is 0 Å². The zero-order chi connectivity index (χ0) is 18.7. The lowest BCUT2D eigenvalue weighted by atomic mass is 10.3. The molecule has 0 aliphatic carbocycles. The molecule has 2 aromatic heterocycles. The molecule has 3 aromatic rings. The van der Waals surface area contributed by atoms with Crippen LogP contribution < -0.4 is 4.90 Å². The molecule has 0 bridgehead atoms. The molecule has 0 spiro atoms. The van der Waals surface area contributed by atoms with Crippen LogP contribution in [0.15, 0.2) is 35.7 Å². The smallest absolute Gasteiger partial charge is 0.252 e. The molecule has 0 radical (unpaired) electrons. The molecular formula is C18H17F2N3OS2. The summed E-state index contributed by atoms with van der Waals surface area (Å²) in [5, 5.41) is 2.28. The first-order chi connectivity index (χ1) is 12.4. The number of nitrogens with zero attached hydrogens (tertiary/aromatic N) is 3. The Morgan fingerprint density at radius 3 is 2.77 bits per heavy atom. The van der Waals surface area contributed by atoms with E-state index in [0.717, 1.165) is 22.3 Å². The zero-order valence-electron chi connectivity index (χ0n) is 14.3. The van der Waals surface area contributed by atoms with Gasteiger partial charge in [-0.2, -0.15) is 0 Å². The SMILES string of the molecule is CN(C)CCN(C(=O)/C=C/c1cccs1)c1nc2c(F)cc(F)cc2s1. The average Bonchev–Trinajstić information content (AvgIpc) is 3.22. The van der Waals surface area contributed by atoms with E-state index in [1.165, 1.54) is 28.4 Å². The number of carbonyl (C=O) groups excluding carboxylic acids is 1. The molecule has 0 fully saturated rings. The van der Waals surface area contributed by atoms with E-state index in [0.29, 0.717) is 22.9 Å². The van der Waals surface area contributed by atoms with Gasteiger partial charge in [0, 0.05) is 30.1 Å². The van der Waals surface area contributed by atoms with Crippen molar-refractivity contribution in [2.75, 3.05) is 32.1 Å². The van der Waals surface area contributed by atoms with E-state index < -0.39 is 11.6 Å². The highest BCUT2D eigenvalue weighted by Crippen LogP contribution is 2.31. The molecular weight excluding hydrogens is 376 g/mol. The van der Waals surface area contributed by atoms with Gasteiger partial charge >= 0.3 is 0 Å². The molecule has 26 heavy (non-hydrogen) atoms. The second-order valence-corrected chi connectivity index (χ2v) is 7.86. The molecule has 0 atom stereocenters. The fraction of sp³-hybridized carbons (Fsp3) is 0.222. The van der Waals surface area contributed by atoms with E-state index in [1.807, 2.05) is 36.5 Å². The number of aromatic nitrogens is 1. The topological polar surface area (TPSA) is 36.4 Å². The van der Waals surface area contributed by atoms with Crippen molar-refractivity contribution in [3.63, 3.8) is 0 Å². The summed E-state index contributed by atoms with van der Waals surface area (Å²) in [6.45, 7) is 1.01. The number of hydrogen-bond acceptors (Lipinski definition) is 5. The molecule has 3 rings (SSSR count). The van der Waals surface area contributed by atoms with E-state index in [2.05, 4.69) is 4.98 Å². The third kappa shape index (κ3) is 4.32. The van der Waals surface area contributed by atoms with Gasteiger partial charge in [0.2, 0.25) is 0 Å². The standard InChI is InChI=1S/C18H17F2N3OS2/c1-22(2)7-8-23(16(24)6-5-13-4-3-9-25-13)18-21-17-14(20)10-12(19)11-15(17)26-18/h3-6,9-11H,7-8H2,1-2H3/b6-5+. The van der Waals surface area contributed by atoms with E-state index >= 15 is 0 Å². The first-order valence-corrected chi connectivity index (χ1v) is 9.57. The number of likely N-dealkylation sites (N-methyl/N-ethyl adjacent to an activating group) is 1. The minimum atomic E-state index is -0.725. The van der Waals surface area contributed by atoms with E-state index in [9.17, 15) is 13.6 Å². The van der Waals surface area contributed by atoms with Crippen LogP contribution in [0.1, 0.15) is 4.88 Å². The largest absolute Gasteiger partial charge is 0.308 e. The third-order valence-corrected chi connectivity index (χ3v) is 5.47. The highest BCUT2D eigenvalue weighted by Gasteiger charge is 2.20.